The van der Waals surface area contributed by atoms with E-state index in [0.717, 1.165) is 37.7 Å². The summed E-state index contributed by atoms with van der Waals surface area (Å²) in [4.78, 5) is 2.32. The van der Waals surface area contributed by atoms with Crippen LogP contribution < -0.4 is 5.32 Å². The Kier molecular flexibility index (Phi) is 7.41. The van der Waals surface area contributed by atoms with Gasteiger partial charge in [0.25, 0.3) is 0 Å². The van der Waals surface area contributed by atoms with E-state index >= 15 is 0 Å². The number of rotatable bonds is 5. The van der Waals surface area contributed by atoms with Gasteiger partial charge in [-0.15, -0.1) is 12.4 Å². The highest BCUT2D eigenvalue weighted by Crippen LogP contribution is 2.21. The molecule has 0 aliphatic carbocycles. The van der Waals surface area contributed by atoms with Crippen molar-refractivity contribution in [3.63, 3.8) is 0 Å². The van der Waals surface area contributed by atoms with E-state index in [1.807, 2.05) is 7.05 Å². The van der Waals surface area contributed by atoms with Crippen molar-refractivity contribution in [2.45, 2.75) is 25.8 Å². The van der Waals surface area contributed by atoms with Gasteiger partial charge in [-0.3, -0.25) is 4.90 Å². The Morgan fingerprint density at radius 2 is 1.90 bits per heavy atom. The first-order chi connectivity index (χ1) is 9.19. The molecule has 0 radical (unpaired) electrons. The summed E-state index contributed by atoms with van der Waals surface area (Å²) in [6.07, 6.45) is 3.63. The highest BCUT2D eigenvalue weighted by atomic mass is 35.5. The van der Waals surface area contributed by atoms with Gasteiger partial charge in [0.05, 0.1) is 0 Å². The van der Waals surface area contributed by atoms with Crippen molar-refractivity contribution in [3.05, 3.63) is 35.4 Å². The summed E-state index contributed by atoms with van der Waals surface area (Å²) in [5.74, 6) is -0.718. The maximum Gasteiger partial charge on any atom is 0.159 e. The Morgan fingerprint density at radius 3 is 2.50 bits per heavy atom. The summed E-state index contributed by atoms with van der Waals surface area (Å²) in [5, 5.41) is 3.19. The molecule has 1 N–H and O–H groups in total. The Balaban J connectivity index is 0.00000200. The minimum Gasteiger partial charge on any atom is -0.320 e. The molecule has 1 aliphatic heterocycles. The van der Waals surface area contributed by atoms with Crippen LogP contribution in [0.1, 0.15) is 24.8 Å². The second kappa shape index (κ2) is 8.55. The fraction of sp³-hybridized carbons (Fsp3) is 0.600. The summed E-state index contributed by atoms with van der Waals surface area (Å²) in [6.45, 7) is 3.89. The quantitative estimate of drug-likeness (QED) is 0.898. The van der Waals surface area contributed by atoms with Crippen molar-refractivity contribution >= 4 is 12.4 Å². The second-order valence-electron chi connectivity index (χ2n) is 5.36. The van der Waals surface area contributed by atoms with Crippen LogP contribution in [0.2, 0.25) is 0 Å². The van der Waals surface area contributed by atoms with Crippen LogP contribution in [0.15, 0.2) is 18.2 Å². The topological polar surface area (TPSA) is 15.3 Å². The van der Waals surface area contributed by atoms with Gasteiger partial charge in [-0.05, 0) is 69.6 Å². The molecule has 0 bridgehead atoms. The monoisotopic (exact) mass is 304 g/mol. The third-order valence-corrected chi connectivity index (χ3v) is 3.90. The molecule has 1 aromatic rings. The minimum absolute atomic E-state index is 0. The lowest BCUT2D eigenvalue weighted by Gasteiger charge is -2.32. The third kappa shape index (κ3) is 5.00. The number of hydrogen-bond acceptors (Lipinski definition) is 2. The molecule has 0 aromatic heterocycles. The van der Waals surface area contributed by atoms with Crippen LogP contribution in [0.4, 0.5) is 8.78 Å². The van der Waals surface area contributed by atoms with Gasteiger partial charge in [0.2, 0.25) is 0 Å². The molecule has 1 saturated heterocycles. The number of hydrogen-bond donors (Lipinski definition) is 1. The van der Waals surface area contributed by atoms with E-state index in [1.54, 1.807) is 6.07 Å². The zero-order valence-electron chi connectivity index (χ0n) is 11.9. The van der Waals surface area contributed by atoms with Crippen molar-refractivity contribution in [1.29, 1.82) is 0 Å². The molecule has 5 heteroatoms. The minimum atomic E-state index is -0.769. The van der Waals surface area contributed by atoms with Gasteiger partial charge in [-0.1, -0.05) is 6.07 Å². The molecule has 0 unspecified atom stereocenters. The molecule has 1 aliphatic rings. The summed E-state index contributed by atoms with van der Waals surface area (Å²) in [6, 6.07) is 4.19. The first kappa shape index (κ1) is 17.3. The SMILES string of the molecule is CNCCC1CCN(Cc2ccc(F)c(F)c2)CC1.Cl. The van der Waals surface area contributed by atoms with E-state index in [0.29, 0.717) is 0 Å². The van der Waals surface area contributed by atoms with Gasteiger partial charge >= 0.3 is 0 Å². The Labute approximate surface area is 126 Å². The molecule has 2 nitrogen and oxygen atoms in total. The first-order valence-corrected chi connectivity index (χ1v) is 7.00. The van der Waals surface area contributed by atoms with Crippen LogP contribution in [0, 0.1) is 17.6 Å². The zero-order valence-corrected chi connectivity index (χ0v) is 12.7. The van der Waals surface area contributed by atoms with Crippen LogP contribution >= 0.6 is 12.4 Å². The van der Waals surface area contributed by atoms with Gasteiger partial charge in [0.15, 0.2) is 11.6 Å². The average molecular weight is 305 g/mol. The summed E-state index contributed by atoms with van der Waals surface area (Å²) >= 11 is 0. The fourth-order valence-electron chi connectivity index (χ4n) is 2.68. The molecule has 1 fully saturated rings. The van der Waals surface area contributed by atoms with Crippen molar-refractivity contribution in [2.24, 2.45) is 5.92 Å². The molecule has 2 rings (SSSR count). The molecule has 0 amide bonds. The molecule has 1 heterocycles. The number of piperidine rings is 1. The van der Waals surface area contributed by atoms with Gasteiger partial charge in [-0.2, -0.15) is 0 Å². The summed E-state index contributed by atoms with van der Waals surface area (Å²) in [5.41, 5.74) is 0.854. The lowest BCUT2D eigenvalue weighted by Crippen LogP contribution is -2.34. The van der Waals surface area contributed by atoms with Crippen molar-refractivity contribution in [2.75, 3.05) is 26.7 Å². The van der Waals surface area contributed by atoms with Gasteiger partial charge in [0, 0.05) is 6.54 Å². The molecular formula is C15H23ClF2N2. The number of halogens is 3. The van der Waals surface area contributed by atoms with Gasteiger partial charge < -0.3 is 5.32 Å². The highest BCUT2D eigenvalue weighted by Gasteiger charge is 2.19. The predicted octanol–water partition coefficient (Wildman–Crippen LogP) is 3.21. The molecule has 114 valence electrons. The van der Waals surface area contributed by atoms with Gasteiger partial charge in [0.1, 0.15) is 0 Å². The standard InChI is InChI=1S/C15H22F2N2.ClH/c1-18-7-4-12-5-8-19(9-6-12)11-13-2-3-14(16)15(17)10-13;/h2-3,10,12,18H,4-9,11H2,1H3;1H. The van der Waals surface area contributed by atoms with Crippen LogP contribution in [-0.4, -0.2) is 31.6 Å². The number of nitrogens with zero attached hydrogens (tertiary/aromatic N) is 1. The molecule has 20 heavy (non-hydrogen) atoms. The van der Waals surface area contributed by atoms with E-state index in [4.69, 9.17) is 0 Å². The number of nitrogens with one attached hydrogen (secondary N) is 1. The van der Waals surface area contributed by atoms with E-state index in [9.17, 15) is 8.78 Å². The molecule has 1 aromatic carbocycles. The molecule has 0 atom stereocenters. The van der Waals surface area contributed by atoms with Crippen molar-refractivity contribution < 1.29 is 8.78 Å². The maximum atomic E-state index is 13.1. The first-order valence-electron chi connectivity index (χ1n) is 7.00. The lowest BCUT2D eigenvalue weighted by molar-refractivity contribution is 0.172. The number of likely N-dealkylation sites (tertiary alicyclic amines) is 1. The van der Waals surface area contributed by atoms with Crippen LogP contribution in [-0.2, 0) is 6.54 Å². The van der Waals surface area contributed by atoms with E-state index < -0.39 is 11.6 Å². The average Bonchev–Trinajstić information content (AvgIpc) is 2.42. The Bertz CT molecular complexity index is 407. The zero-order chi connectivity index (χ0) is 13.7. The fourth-order valence-corrected chi connectivity index (χ4v) is 2.68. The summed E-state index contributed by atoms with van der Waals surface area (Å²) in [7, 11) is 1.98. The Hall–Kier alpha value is -0.710. The van der Waals surface area contributed by atoms with Gasteiger partial charge in [-0.25, -0.2) is 8.78 Å². The normalized spacial score (nSPS) is 16.9. The van der Waals surface area contributed by atoms with Crippen LogP contribution in [0.25, 0.3) is 0 Å². The smallest absolute Gasteiger partial charge is 0.159 e. The van der Waals surface area contributed by atoms with E-state index in [2.05, 4.69) is 10.2 Å². The Morgan fingerprint density at radius 1 is 1.20 bits per heavy atom. The molecule has 0 spiro atoms. The van der Waals surface area contributed by atoms with Crippen molar-refractivity contribution in [1.82, 2.24) is 10.2 Å². The van der Waals surface area contributed by atoms with E-state index in [-0.39, 0.29) is 12.4 Å². The second-order valence-corrected chi connectivity index (χ2v) is 5.36. The summed E-state index contributed by atoms with van der Waals surface area (Å²) < 4.78 is 26.0. The van der Waals surface area contributed by atoms with Crippen LogP contribution in [0.3, 0.4) is 0 Å². The predicted molar refractivity (Wildman–Crippen MR) is 80.2 cm³/mol. The highest BCUT2D eigenvalue weighted by molar-refractivity contribution is 5.85. The van der Waals surface area contributed by atoms with Crippen LogP contribution in [0.5, 0.6) is 0 Å². The molecular weight excluding hydrogens is 282 g/mol. The van der Waals surface area contributed by atoms with E-state index in [1.165, 1.54) is 31.4 Å². The molecule has 0 saturated carbocycles. The maximum absolute atomic E-state index is 13.1. The third-order valence-electron chi connectivity index (χ3n) is 3.90. The van der Waals surface area contributed by atoms with Crippen molar-refractivity contribution in [3.8, 4) is 0 Å². The lowest BCUT2D eigenvalue weighted by atomic mass is 9.93. The largest absolute Gasteiger partial charge is 0.320 e. The number of benzene rings is 1.